The quantitative estimate of drug-likeness (QED) is 0.0522. The molecule has 3 fully saturated rings. The third kappa shape index (κ3) is 19.7. The van der Waals surface area contributed by atoms with E-state index >= 15 is 0 Å². The highest BCUT2D eigenvalue weighted by Gasteiger charge is 2.56. The molecule has 2 bridgehead atoms. The first-order valence-electron chi connectivity index (χ1n) is 27.8. The molecular formula is C58H89NO20. The molecular weight excluding hydrogens is 1030 g/mol. The van der Waals surface area contributed by atoms with Gasteiger partial charge in [0.1, 0.15) is 37.2 Å². The van der Waals surface area contributed by atoms with Gasteiger partial charge < -0.3 is 62.5 Å². The minimum Gasteiger partial charge on any atom is -0.462 e. The van der Waals surface area contributed by atoms with Crippen molar-refractivity contribution in [1.82, 2.24) is 4.90 Å². The number of rotatable bonds is 19. The van der Waals surface area contributed by atoms with E-state index in [0.29, 0.717) is 56.9 Å². The number of hydrogen-bond acceptors (Lipinski definition) is 20. The Morgan fingerprint density at radius 2 is 1.47 bits per heavy atom. The summed E-state index contributed by atoms with van der Waals surface area (Å²) in [6, 6.07) is -1.22. The van der Waals surface area contributed by atoms with Crippen molar-refractivity contribution in [3.63, 3.8) is 0 Å². The largest absolute Gasteiger partial charge is 0.462 e. The zero-order valence-electron chi connectivity index (χ0n) is 48.3. The number of allylic oxidation sites excluding steroid dienone is 4. The number of hydrogen-bond donors (Lipinski definition) is 2. The number of aliphatic hydroxyl groups is 2. The molecule has 0 aromatic carbocycles. The number of ether oxygens (including phenoxy) is 10. The third-order valence-corrected chi connectivity index (χ3v) is 15.6. The Morgan fingerprint density at radius 1 is 0.835 bits per heavy atom. The number of methoxy groups -OCH3 is 3. The Bertz CT molecular complexity index is 2140. The first kappa shape index (κ1) is 66.6. The Balaban J connectivity index is 1.54. The van der Waals surface area contributed by atoms with Crippen LogP contribution in [0.4, 0.5) is 0 Å². The number of aliphatic hydroxyl groups excluding tert-OH is 1. The van der Waals surface area contributed by atoms with E-state index in [1.54, 1.807) is 33.8 Å². The fourth-order valence-electron chi connectivity index (χ4n) is 11.3. The standard InChI is InChI=1S/C58H89NO20/c1-13-16-42-22-33(2)21-34(3)23-49(71-11)54-50(72-12)27-37(6)58(69,79-54)55(66)56(67)59-20-15-14-17-44(59)57(68)78-53(38(7)45(62)29-46(42)63)36(5)26-41-18-19-47(48(28-41)70-10)75-32-76-51(64)24-35(4)25-52(65)77-43(30-73-39(8)60)31-74-40(9)61/h13,22,26,34-35,37-38,41-45,47-50,53-54,62,69H,1,14-21,23-25,27-32H2,2-12H3/b33-22+,36-26+/t34-,35?,37+,38+,41-,42+,44-,45-,47+,48+,49-,50-,53+,54+,58+/m0/s1. The van der Waals surface area contributed by atoms with E-state index in [1.165, 1.54) is 35.2 Å². The molecule has 79 heavy (non-hydrogen) atoms. The van der Waals surface area contributed by atoms with E-state index in [9.17, 15) is 48.6 Å². The normalized spacial score (nSPS) is 33.0. The van der Waals surface area contributed by atoms with Crippen molar-refractivity contribution in [3.8, 4) is 0 Å². The van der Waals surface area contributed by atoms with Gasteiger partial charge in [0.25, 0.3) is 11.7 Å². The molecule has 0 aromatic heterocycles. The van der Waals surface area contributed by atoms with Crippen molar-refractivity contribution in [2.45, 2.75) is 200 Å². The maximum atomic E-state index is 14.6. The number of fused-ring (bicyclic) bond motifs is 3. The van der Waals surface area contributed by atoms with Crippen LogP contribution in [0.5, 0.6) is 0 Å². The second-order valence-electron chi connectivity index (χ2n) is 22.3. The molecule has 1 unspecified atom stereocenters. The van der Waals surface area contributed by atoms with Crippen molar-refractivity contribution >= 4 is 47.3 Å². The molecule has 446 valence electrons. The topological polar surface area (TPSA) is 273 Å². The van der Waals surface area contributed by atoms with Crippen LogP contribution >= 0.6 is 0 Å². The van der Waals surface area contributed by atoms with E-state index in [4.69, 9.17) is 47.4 Å². The average molecular weight is 1120 g/mol. The molecule has 21 heteroatoms. The zero-order valence-corrected chi connectivity index (χ0v) is 48.3. The van der Waals surface area contributed by atoms with Gasteiger partial charge in [0, 0.05) is 78.7 Å². The molecule has 0 spiro atoms. The van der Waals surface area contributed by atoms with E-state index in [-0.39, 0.29) is 76.3 Å². The summed E-state index contributed by atoms with van der Waals surface area (Å²) in [5.74, 6) is -11.5. The number of nitrogens with zero attached hydrogens (tertiary/aromatic N) is 1. The lowest BCUT2D eigenvalue weighted by molar-refractivity contribution is -0.302. The van der Waals surface area contributed by atoms with Gasteiger partial charge in [0.2, 0.25) is 5.79 Å². The molecule has 2 saturated heterocycles. The van der Waals surface area contributed by atoms with Crippen molar-refractivity contribution in [3.05, 3.63) is 36.0 Å². The Morgan fingerprint density at radius 3 is 2.09 bits per heavy atom. The van der Waals surface area contributed by atoms with Gasteiger partial charge >= 0.3 is 29.8 Å². The number of esters is 5. The van der Waals surface area contributed by atoms with Crippen molar-refractivity contribution in [1.29, 1.82) is 0 Å². The minimum atomic E-state index is -2.57. The Labute approximate surface area is 465 Å². The van der Waals surface area contributed by atoms with E-state index in [1.807, 2.05) is 26.0 Å². The van der Waals surface area contributed by atoms with Gasteiger partial charge in [0.15, 0.2) is 12.9 Å². The first-order valence-corrected chi connectivity index (χ1v) is 27.8. The summed E-state index contributed by atoms with van der Waals surface area (Å²) in [5, 5.41) is 24.1. The summed E-state index contributed by atoms with van der Waals surface area (Å²) in [6.45, 7) is 16.0. The summed E-state index contributed by atoms with van der Waals surface area (Å²) in [5.41, 5.74) is 1.49. The SMILES string of the molecule is C=CC[C@@H]1/C=C(\C)C[C@H](C)C[C@H](OC)[C@H]2O[C@@](O)(C(=O)C(=O)N3CCCC[C@H]3C(=O)O[C@H](/C(C)=C/[C@@H]3CC[C@@H](OCOC(=O)CC(C)CC(=O)OC(COC(C)=O)COC(C)=O)[C@H](OC)C3)[C@H](C)[C@@H](O)CC1=O)[C@H](C)C[C@@H]2OC. The molecule has 21 nitrogen and oxygen atoms in total. The molecule has 3 heterocycles. The van der Waals surface area contributed by atoms with Gasteiger partial charge in [-0.05, 0) is 101 Å². The summed E-state index contributed by atoms with van der Waals surface area (Å²) in [4.78, 5) is 107. The van der Waals surface area contributed by atoms with E-state index in [2.05, 4.69) is 6.58 Å². The lowest BCUT2D eigenvalue weighted by Gasteiger charge is -2.47. The predicted octanol–water partition coefficient (Wildman–Crippen LogP) is 5.62. The molecule has 1 amide bonds. The molecule has 2 N–H and O–H groups in total. The summed E-state index contributed by atoms with van der Waals surface area (Å²) >= 11 is 0. The van der Waals surface area contributed by atoms with Crippen LogP contribution in [0.3, 0.4) is 0 Å². The molecule has 3 aliphatic heterocycles. The highest BCUT2D eigenvalue weighted by Crippen LogP contribution is 2.39. The third-order valence-electron chi connectivity index (χ3n) is 15.6. The molecule has 4 rings (SSSR count). The molecule has 1 aliphatic carbocycles. The first-order chi connectivity index (χ1) is 37.3. The fraction of sp³-hybridized carbons (Fsp3) is 0.759. The lowest BCUT2D eigenvalue weighted by atomic mass is 9.81. The molecule has 0 radical (unpaired) electrons. The Kier molecular flexibility index (Phi) is 26.9. The van der Waals surface area contributed by atoms with Crippen LogP contribution in [-0.2, 0) is 85.7 Å². The van der Waals surface area contributed by atoms with Gasteiger partial charge in [-0.3, -0.25) is 33.6 Å². The van der Waals surface area contributed by atoms with Crippen LogP contribution in [0, 0.1) is 35.5 Å². The summed E-state index contributed by atoms with van der Waals surface area (Å²) < 4.78 is 56.8. The van der Waals surface area contributed by atoms with Crippen LogP contribution in [0.2, 0.25) is 0 Å². The highest BCUT2D eigenvalue weighted by molar-refractivity contribution is 6.39. The maximum Gasteiger partial charge on any atom is 0.329 e. The summed E-state index contributed by atoms with van der Waals surface area (Å²) in [7, 11) is 4.55. The number of carbonyl (C=O) groups excluding carboxylic acids is 8. The van der Waals surface area contributed by atoms with Crippen LogP contribution < -0.4 is 0 Å². The van der Waals surface area contributed by atoms with Gasteiger partial charge in [-0.25, -0.2) is 4.79 Å². The number of amides is 1. The number of ketones is 2. The molecule has 15 atom stereocenters. The predicted molar refractivity (Wildman–Crippen MR) is 284 cm³/mol. The van der Waals surface area contributed by atoms with Crippen LogP contribution in [0.25, 0.3) is 0 Å². The van der Waals surface area contributed by atoms with E-state index in [0.717, 1.165) is 10.5 Å². The number of carbonyl (C=O) groups is 8. The number of piperidine rings is 1. The monoisotopic (exact) mass is 1120 g/mol. The molecule has 0 aromatic rings. The second kappa shape index (κ2) is 31.9. The fourth-order valence-corrected chi connectivity index (χ4v) is 11.3. The van der Waals surface area contributed by atoms with Crippen molar-refractivity contribution in [2.24, 2.45) is 35.5 Å². The average Bonchev–Trinajstić information content (AvgIpc) is 3.42. The number of Topliss-reactive ketones (excluding diaryl/α,β-unsaturated/α-hetero) is 2. The van der Waals surface area contributed by atoms with Gasteiger partial charge in [-0.15, -0.1) is 6.58 Å². The maximum absolute atomic E-state index is 14.6. The van der Waals surface area contributed by atoms with Crippen LogP contribution in [0.15, 0.2) is 36.0 Å². The van der Waals surface area contributed by atoms with Gasteiger partial charge in [0.05, 0.1) is 30.5 Å². The van der Waals surface area contributed by atoms with Crippen molar-refractivity contribution in [2.75, 3.05) is 47.9 Å². The zero-order chi connectivity index (χ0) is 58.7. The Hall–Kier alpha value is -4.90. The molecule has 4 aliphatic rings. The lowest BCUT2D eigenvalue weighted by Crippen LogP contribution is -2.64. The summed E-state index contributed by atoms with van der Waals surface area (Å²) in [6.07, 6.45) is 2.50. The highest BCUT2D eigenvalue weighted by atomic mass is 16.7. The second-order valence-corrected chi connectivity index (χ2v) is 22.3. The van der Waals surface area contributed by atoms with Crippen LogP contribution in [0.1, 0.15) is 139 Å². The number of cyclic esters (lactones) is 1. The minimum absolute atomic E-state index is 0.0295. The molecule has 1 saturated carbocycles. The van der Waals surface area contributed by atoms with Gasteiger partial charge in [-0.1, -0.05) is 51.5 Å². The van der Waals surface area contributed by atoms with Gasteiger partial charge in [-0.2, -0.15) is 0 Å². The van der Waals surface area contributed by atoms with Crippen LogP contribution in [-0.4, -0.2) is 171 Å². The smallest absolute Gasteiger partial charge is 0.329 e. The van der Waals surface area contributed by atoms with E-state index < -0.39 is 126 Å². The van der Waals surface area contributed by atoms with Crippen molar-refractivity contribution < 1.29 is 95.9 Å².